The van der Waals surface area contributed by atoms with Gasteiger partial charge in [-0.05, 0) is 61.2 Å². The SMILES string of the molecule is CCOc1cc2c(cc1OCC)[C@@H](c1ccc(Br)cc1)NCC2. The van der Waals surface area contributed by atoms with Gasteiger partial charge in [-0.2, -0.15) is 0 Å². The molecule has 122 valence electrons. The molecule has 3 rings (SSSR count). The van der Waals surface area contributed by atoms with Gasteiger partial charge in [0.05, 0.1) is 19.3 Å². The second kappa shape index (κ2) is 7.37. The summed E-state index contributed by atoms with van der Waals surface area (Å²) >= 11 is 3.50. The molecule has 1 heterocycles. The van der Waals surface area contributed by atoms with E-state index in [0.717, 1.165) is 28.9 Å². The van der Waals surface area contributed by atoms with Crippen molar-refractivity contribution in [1.82, 2.24) is 5.32 Å². The molecule has 1 aliphatic rings. The van der Waals surface area contributed by atoms with E-state index in [1.54, 1.807) is 0 Å². The Bertz CT molecular complexity index is 670. The summed E-state index contributed by atoms with van der Waals surface area (Å²) < 4.78 is 12.7. The van der Waals surface area contributed by atoms with E-state index in [2.05, 4.69) is 57.6 Å². The molecule has 4 heteroatoms. The summed E-state index contributed by atoms with van der Waals surface area (Å²) in [6.07, 6.45) is 1.01. The van der Waals surface area contributed by atoms with Crippen molar-refractivity contribution in [1.29, 1.82) is 0 Å². The van der Waals surface area contributed by atoms with Crippen LogP contribution in [-0.4, -0.2) is 19.8 Å². The average Bonchev–Trinajstić information content (AvgIpc) is 2.56. The molecule has 2 aromatic carbocycles. The van der Waals surface area contributed by atoms with Gasteiger partial charge in [0.2, 0.25) is 0 Å². The molecule has 0 aliphatic carbocycles. The third kappa shape index (κ3) is 3.54. The summed E-state index contributed by atoms with van der Waals surface area (Å²) in [5.74, 6) is 1.68. The molecule has 0 radical (unpaired) electrons. The van der Waals surface area contributed by atoms with Gasteiger partial charge in [0.25, 0.3) is 0 Å². The summed E-state index contributed by atoms with van der Waals surface area (Å²) in [5.41, 5.74) is 3.88. The minimum absolute atomic E-state index is 0.196. The first kappa shape index (κ1) is 16.3. The number of halogens is 1. The van der Waals surface area contributed by atoms with Crippen LogP contribution in [0.3, 0.4) is 0 Å². The van der Waals surface area contributed by atoms with Crippen LogP contribution in [0, 0.1) is 0 Å². The first-order valence-corrected chi connectivity index (χ1v) is 8.93. The van der Waals surface area contributed by atoms with Crippen LogP contribution in [0.5, 0.6) is 11.5 Å². The maximum Gasteiger partial charge on any atom is 0.161 e. The Morgan fingerprint density at radius 1 is 1.04 bits per heavy atom. The zero-order valence-corrected chi connectivity index (χ0v) is 15.2. The fraction of sp³-hybridized carbons (Fsp3) is 0.368. The number of fused-ring (bicyclic) bond motifs is 1. The molecule has 23 heavy (non-hydrogen) atoms. The van der Waals surface area contributed by atoms with Gasteiger partial charge < -0.3 is 14.8 Å². The fourth-order valence-electron chi connectivity index (χ4n) is 3.05. The summed E-state index contributed by atoms with van der Waals surface area (Å²) in [4.78, 5) is 0. The Hall–Kier alpha value is -1.52. The first-order valence-electron chi connectivity index (χ1n) is 8.14. The predicted octanol–water partition coefficient (Wildman–Crippen LogP) is 4.48. The van der Waals surface area contributed by atoms with E-state index in [4.69, 9.17) is 9.47 Å². The second-order valence-electron chi connectivity index (χ2n) is 5.55. The Labute approximate surface area is 146 Å². The lowest BCUT2D eigenvalue weighted by molar-refractivity contribution is 0.286. The number of hydrogen-bond donors (Lipinski definition) is 1. The van der Waals surface area contributed by atoms with Crippen LogP contribution in [0.25, 0.3) is 0 Å². The van der Waals surface area contributed by atoms with Crippen LogP contribution in [0.4, 0.5) is 0 Å². The molecule has 0 fully saturated rings. The molecule has 0 bridgehead atoms. The minimum atomic E-state index is 0.196. The maximum atomic E-state index is 5.80. The van der Waals surface area contributed by atoms with Crippen molar-refractivity contribution >= 4 is 15.9 Å². The monoisotopic (exact) mass is 375 g/mol. The van der Waals surface area contributed by atoms with Gasteiger partial charge in [0.1, 0.15) is 0 Å². The Morgan fingerprint density at radius 2 is 1.70 bits per heavy atom. The topological polar surface area (TPSA) is 30.5 Å². The molecule has 0 saturated heterocycles. The highest BCUT2D eigenvalue weighted by Gasteiger charge is 2.24. The van der Waals surface area contributed by atoms with E-state index in [-0.39, 0.29) is 6.04 Å². The van der Waals surface area contributed by atoms with E-state index in [1.807, 2.05) is 13.8 Å². The molecule has 1 aliphatic heterocycles. The van der Waals surface area contributed by atoms with Gasteiger partial charge in [0, 0.05) is 11.0 Å². The highest BCUT2D eigenvalue weighted by molar-refractivity contribution is 9.10. The number of benzene rings is 2. The lowest BCUT2D eigenvalue weighted by Crippen LogP contribution is -2.30. The zero-order valence-electron chi connectivity index (χ0n) is 13.6. The van der Waals surface area contributed by atoms with Crippen molar-refractivity contribution in [2.75, 3.05) is 19.8 Å². The number of nitrogens with one attached hydrogen (secondary N) is 1. The van der Waals surface area contributed by atoms with E-state index in [0.29, 0.717) is 13.2 Å². The Morgan fingerprint density at radius 3 is 2.35 bits per heavy atom. The van der Waals surface area contributed by atoms with Gasteiger partial charge in [-0.25, -0.2) is 0 Å². The molecule has 3 nitrogen and oxygen atoms in total. The zero-order chi connectivity index (χ0) is 16.2. The fourth-order valence-corrected chi connectivity index (χ4v) is 3.32. The normalized spacial score (nSPS) is 16.7. The maximum absolute atomic E-state index is 5.80. The third-order valence-corrected chi connectivity index (χ3v) is 4.59. The van der Waals surface area contributed by atoms with Crippen molar-refractivity contribution in [3.05, 3.63) is 57.6 Å². The van der Waals surface area contributed by atoms with E-state index >= 15 is 0 Å². The molecule has 1 N–H and O–H groups in total. The Kier molecular flexibility index (Phi) is 5.23. The van der Waals surface area contributed by atoms with Gasteiger partial charge >= 0.3 is 0 Å². The standard InChI is InChI=1S/C19H22BrNO2/c1-3-22-17-11-14-9-10-21-19(13-5-7-15(20)8-6-13)16(14)12-18(17)23-4-2/h5-8,11-12,19,21H,3-4,9-10H2,1-2H3/t19-/m1/s1. The van der Waals surface area contributed by atoms with Gasteiger partial charge in [-0.3, -0.25) is 0 Å². The van der Waals surface area contributed by atoms with Crippen LogP contribution in [0.1, 0.15) is 36.6 Å². The summed E-state index contributed by atoms with van der Waals surface area (Å²) in [6, 6.07) is 13.0. The van der Waals surface area contributed by atoms with Gasteiger partial charge in [0.15, 0.2) is 11.5 Å². The Balaban J connectivity index is 2.02. The number of ether oxygens (including phenoxy) is 2. The van der Waals surface area contributed by atoms with Crippen molar-refractivity contribution in [2.45, 2.75) is 26.3 Å². The van der Waals surface area contributed by atoms with Crippen molar-refractivity contribution < 1.29 is 9.47 Å². The highest BCUT2D eigenvalue weighted by atomic mass is 79.9. The van der Waals surface area contributed by atoms with Crippen molar-refractivity contribution in [3.8, 4) is 11.5 Å². The van der Waals surface area contributed by atoms with E-state index in [9.17, 15) is 0 Å². The summed E-state index contributed by atoms with van der Waals surface area (Å²) in [6.45, 7) is 6.25. The molecular formula is C19H22BrNO2. The van der Waals surface area contributed by atoms with E-state index < -0.39 is 0 Å². The molecule has 2 aromatic rings. The highest BCUT2D eigenvalue weighted by Crippen LogP contribution is 2.37. The number of hydrogen-bond acceptors (Lipinski definition) is 3. The second-order valence-corrected chi connectivity index (χ2v) is 6.47. The van der Waals surface area contributed by atoms with Crippen LogP contribution in [0.15, 0.2) is 40.9 Å². The quantitative estimate of drug-likeness (QED) is 0.835. The molecule has 0 amide bonds. The predicted molar refractivity (Wildman–Crippen MR) is 96.5 cm³/mol. The number of rotatable bonds is 5. The van der Waals surface area contributed by atoms with Crippen LogP contribution in [-0.2, 0) is 6.42 Å². The average molecular weight is 376 g/mol. The molecule has 1 atom stereocenters. The smallest absolute Gasteiger partial charge is 0.161 e. The van der Waals surface area contributed by atoms with Crippen molar-refractivity contribution in [2.24, 2.45) is 0 Å². The lowest BCUT2D eigenvalue weighted by atomic mass is 9.89. The molecule has 0 aromatic heterocycles. The largest absolute Gasteiger partial charge is 0.490 e. The minimum Gasteiger partial charge on any atom is -0.490 e. The van der Waals surface area contributed by atoms with Gasteiger partial charge in [-0.1, -0.05) is 28.1 Å². The van der Waals surface area contributed by atoms with Crippen LogP contribution in [0.2, 0.25) is 0 Å². The van der Waals surface area contributed by atoms with Crippen LogP contribution < -0.4 is 14.8 Å². The molecule has 0 spiro atoms. The molecular weight excluding hydrogens is 354 g/mol. The van der Waals surface area contributed by atoms with E-state index in [1.165, 1.54) is 16.7 Å². The molecule has 0 saturated carbocycles. The van der Waals surface area contributed by atoms with Crippen LogP contribution >= 0.6 is 15.9 Å². The summed E-state index contributed by atoms with van der Waals surface area (Å²) in [7, 11) is 0. The van der Waals surface area contributed by atoms with Gasteiger partial charge in [-0.15, -0.1) is 0 Å². The third-order valence-electron chi connectivity index (χ3n) is 4.06. The lowest BCUT2D eigenvalue weighted by Gasteiger charge is -2.29. The van der Waals surface area contributed by atoms with Crippen molar-refractivity contribution in [3.63, 3.8) is 0 Å². The molecule has 0 unspecified atom stereocenters. The summed E-state index contributed by atoms with van der Waals surface area (Å²) in [5, 5.41) is 3.62. The first-order chi connectivity index (χ1) is 11.2.